The summed E-state index contributed by atoms with van der Waals surface area (Å²) in [6.07, 6.45) is 1.39. The van der Waals surface area contributed by atoms with E-state index in [1.807, 2.05) is 47.8 Å². The summed E-state index contributed by atoms with van der Waals surface area (Å²) in [4.78, 5) is 23.9. The molecule has 2 aromatic heterocycles. The zero-order valence-corrected chi connectivity index (χ0v) is 19.8. The van der Waals surface area contributed by atoms with Crippen molar-refractivity contribution in [1.82, 2.24) is 9.97 Å². The number of methoxy groups -OCH3 is 2. The molecule has 1 fully saturated rings. The lowest BCUT2D eigenvalue weighted by Gasteiger charge is -2.29. The Morgan fingerprint density at radius 2 is 1.91 bits per heavy atom. The van der Waals surface area contributed by atoms with Gasteiger partial charge < -0.3 is 23.5 Å². The summed E-state index contributed by atoms with van der Waals surface area (Å²) < 4.78 is 22.3. The van der Waals surface area contributed by atoms with Crippen LogP contribution in [0.2, 0.25) is 0 Å². The Morgan fingerprint density at radius 3 is 2.68 bits per heavy atom. The van der Waals surface area contributed by atoms with E-state index < -0.39 is 0 Å². The molecule has 0 bridgehead atoms. The fourth-order valence-corrected chi connectivity index (χ4v) is 4.94. The molecule has 0 N–H and O–H groups in total. The number of carbonyl (C=O) groups is 1. The predicted octanol–water partition coefficient (Wildman–Crippen LogP) is 4.93. The van der Waals surface area contributed by atoms with Crippen LogP contribution in [-0.4, -0.2) is 43.2 Å². The van der Waals surface area contributed by atoms with Crippen LogP contribution < -0.4 is 14.4 Å². The summed E-state index contributed by atoms with van der Waals surface area (Å²) >= 11 is 1.48. The Balaban J connectivity index is 1.16. The number of aromatic nitrogens is 2. The second-order valence-electron chi connectivity index (χ2n) is 8.02. The molecule has 2 aromatic carbocycles. The van der Waals surface area contributed by atoms with Crippen molar-refractivity contribution in [2.45, 2.75) is 19.4 Å². The molecule has 34 heavy (non-hydrogen) atoms. The number of nitrogens with zero attached hydrogens (tertiary/aromatic N) is 3. The highest BCUT2D eigenvalue weighted by atomic mass is 32.1. The van der Waals surface area contributed by atoms with Gasteiger partial charge in [0.25, 0.3) is 6.01 Å². The molecule has 0 saturated carbocycles. The maximum absolute atomic E-state index is 12.7. The third-order valence-electron chi connectivity index (χ3n) is 5.93. The van der Waals surface area contributed by atoms with Crippen LogP contribution in [0, 0.1) is 5.92 Å². The Hall–Kier alpha value is -3.59. The molecule has 4 aromatic rings. The van der Waals surface area contributed by atoms with Gasteiger partial charge in [-0.25, -0.2) is 4.98 Å². The third-order valence-corrected chi connectivity index (χ3v) is 6.85. The Kier molecular flexibility index (Phi) is 6.35. The van der Waals surface area contributed by atoms with Crippen LogP contribution in [-0.2, 0) is 16.1 Å². The van der Waals surface area contributed by atoms with E-state index >= 15 is 0 Å². The molecule has 0 radical (unpaired) electrons. The topological polar surface area (TPSA) is 86.9 Å². The average Bonchev–Trinajstić information content (AvgIpc) is 3.54. The molecule has 5 rings (SSSR count). The second kappa shape index (κ2) is 9.72. The molecule has 1 aliphatic rings. The van der Waals surface area contributed by atoms with Gasteiger partial charge in [-0.05, 0) is 37.1 Å². The molecule has 176 valence electrons. The van der Waals surface area contributed by atoms with Crippen molar-refractivity contribution in [3.63, 3.8) is 0 Å². The number of hydrogen-bond acceptors (Lipinski definition) is 9. The van der Waals surface area contributed by atoms with Gasteiger partial charge in [0, 0.05) is 18.5 Å². The van der Waals surface area contributed by atoms with Crippen molar-refractivity contribution in [3.05, 3.63) is 53.5 Å². The van der Waals surface area contributed by atoms with E-state index in [2.05, 4.69) is 14.9 Å². The number of ether oxygens (including phenoxy) is 3. The molecule has 0 atom stereocenters. The number of esters is 1. The Morgan fingerprint density at radius 1 is 1.09 bits per heavy atom. The van der Waals surface area contributed by atoms with Crippen molar-refractivity contribution < 1.29 is 23.4 Å². The highest BCUT2D eigenvalue weighted by Gasteiger charge is 2.28. The van der Waals surface area contributed by atoms with Gasteiger partial charge >= 0.3 is 5.97 Å². The quantitative estimate of drug-likeness (QED) is 0.345. The normalized spacial score (nSPS) is 14.4. The zero-order chi connectivity index (χ0) is 23.5. The van der Waals surface area contributed by atoms with E-state index in [4.69, 9.17) is 18.6 Å². The van der Waals surface area contributed by atoms with Crippen LogP contribution >= 0.6 is 11.3 Å². The van der Waals surface area contributed by atoms with Gasteiger partial charge in [0.2, 0.25) is 0 Å². The lowest BCUT2D eigenvalue weighted by molar-refractivity contribution is -0.150. The number of fused-ring (bicyclic) bond motifs is 1. The van der Waals surface area contributed by atoms with Gasteiger partial charge in [-0.2, -0.15) is 4.98 Å². The predicted molar refractivity (Wildman–Crippen MR) is 129 cm³/mol. The smallest absolute Gasteiger partial charge is 0.309 e. The number of rotatable bonds is 7. The van der Waals surface area contributed by atoms with Crippen LogP contribution in [0.5, 0.6) is 11.5 Å². The fourth-order valence-electron chi connectivity index (χ4n) is 4.12. The van der Waals surface area contributed by atoms with Crippen LogP contribution in [0.4, 0.5) is 6.01 Å². The minimum atomic E-state index is -0.189. The molecular formula is C25H25N3O5S. The third kappa shape index (κ3) is 4.43. The largest absolute Gasteiger partial charge is 0.493 e. The Labute approximate surface area is 201 Å². The number of benzene rings is 2. The van der Waals surface area contributed by atoms with Gasteiger partial charge in [0.1, 0.15) is 17.1 Å². The van der Waals surface area contributed by atoms with Crippen LogP contribution in [0.25, 0.3) is 21.7 Å². The van der Waals surface area contributed by atoms with Crippen molar-refractivity contribution in [1.29, 1.82) is 0 Å². The molecule has 0 unspecified atom stereocenters. The molecule has 1 saturated heterocycles. The summed E-state index contributed by atoms with van der Waals surface area (Å²) in [6.45, 7) is 1.54. The van der Waals surface area contributed by atoms with Gasteiger partial charge in [-0.1, -0.05) is 18.2 Å². The summed E-state index contributed by atoms with van der Waals surface area (Å²) in [5.74, 6) is 0.948. The van der Waals surface area contributed by atoms with Crippen molar-refractivity contribution in [2.75, 3.05) is 32.2 Å². The first kappa shape index (κ1) is 22.2. The van der Waals surface area contributed by atoms with Gasteiger partial charge in [-0.15, -0.1) is 11.3 Å². The number of hydrogen-bond donors (Lipinski definition) is 0. The molecule has 1 aliphatic heterocycles. The Bertz CT molecular complexity index is 1260. The van der Waals surface area contributed by atoms with Crippen molar-refractivity contribution in [3.8, 4) is 22.1 Å². The van der Waals surface area contributed by atoms with Crippen LogP contribution in [0.1, 0.15) is 18.5 Å². The van der Waals surface area contributed by atoms with E-state index in [-0.39, 0.29) is 18.5 Å². The first-order valence-electron chi connectivity index (χ1n) is 11.1. The van der Waals surface area contributed by atoms with E-state index in [1.54, 1.807) is 14.2 Å². The molecule has 3 heterocycles. The summed E-state index contributed by atoms with van der Waals surface area (Å²) in [5, 5.41) is 2.69. The number of piperidine rings is 1. The number of oxazole rings is 1. The molecule has 0 aliphatic carbocycles. The van der Waals surface area contributed by atoms with E-state index in [0.717, 1.165) is 21.7 Å². The van der Waals surface area contributed by atoms with Crippen molar-refractivity contribution >= 4 is 34.4 Å². The average molecular weight is 480 g/mol. The lowest BCUT2D eigenvalue weighted by Crippen LogP contribution is -2.37. The fraction of sp³-hybridized carbons (Fsp3) is 0.320. The standard InChI is InChI=1S/C25H25N3O5S/c1-30-21-9-5-6-18(22(21)31-2)23-26-17(15-34-23)14-32-24(29)16-10-12-28(13-11-16)25-27-19-7-3-4-8-20(19)33-25/h3-9,15-16H,10-14H2,1-2H3. The minimum Gasteiger partial charge on any atom is -0.493 e. The van der Waals surface area contributed by atoms with E-state index in [0.29, 0.717) is 49.1 Å². The number of carbonyl (C=O) groups excluding carboxylic acids is 1. The molecule has 0 amide bonds. The summed E-state index contributed by atoms with van der Waals surface area (Å²) in [5.41, 5.74) is 3.17. The zero-order valence-electron chi connectivity index (χ0n) is 19.0. The van der Waals surface area contributed by atoms with Crippen molar-refractivity contribution in [2.24, 2.45) is 5.92 Å². The summed E-state index contributed by atoms with van der Waals surface area (Å²) in [6, 6.07) is 14.0. The van der Waals surface area contributed by atoms with Gasteiger partial charge in [0.05, 0.1) is 31.4 Å². The highest BCUT2D eigenvalue weighted by Crippen LogP contribution is 2.39. The summed E-state index contributed by atoms with van der Waals surface area (Å²) in [7, 11) is 3.21. The lowest BCUT2D eigenvalue weighted by atomic mass is 9.97. The van der Waals surface area contributed by atoms with Gasteiger partial charge in [0.15, 0.2) is 17.1 Å². The van der Waals surface area contributed by atoms with E-state index in [1.165, 1.54) is 11.3 Å². The highest BCUT2D eigenvalue weighted by molar-refractivity contribution is 7.13. The maximum Gasteiger partial charge on any atom is 0.309 e. The van der Waals surface area contributed by atoms with E-state index in [9.17, 15) is 4.79 Å². The SMILES string of the molecule is COc1cccc(-c2nc(COC(=O)C3CCN(c4nc5ccccc5o4)CC3)cs2)c1OC. The van der Waals surface area contributed by atoms with Gasteiger partial charge in [-0.3, -0.25) is 4.79 Å². The van der Waals surface area contributed by atoms with Crippen LogP contribution in [0.3, 0.4) is 0 Å². The molecule has 8 nitrogen and oxygen atoms in total. The maximum atomic E-state index is 12.7. The molecular weight excluding hydrogens is 454 g/mol. The molecule has 0 spiro atoms. The first-order chi connectivity index (χ1) is 16.7. The first-order valence-corrected chi connectivity index (χ1v) is 12.0. The number of anilines is 1. The monoisotopic (exact) mass is 479 g/mol. The molecule has 9 heteroatoms. The minimum absolute atomic E-state index is 0.141. The second-order valence-corrected chi connectivity index (χ2v) is 8.88. The number of thiazole rings is 1. The number of para-hydroxylation sites is 3. The van der Waals surface area contributed by atoms with Crippen LogP contribution in [0.15, 0.2) is 52.3 Å².